The second-order valence-electron chi connectivity index (χ2n) is 5.45. The van der Waals surface area contributed by atoms with Crippen LogP contribution in [0, 0.1) is 18.7 Å². The lowest BCUT2D eigenvalue weighted by atomic mass is 10.1. The first-order valence-corrected chi connectivity index (χ1v) is 8.17. The van der Waals surface area contributed by atoms with E-state index in [9.17, 15) is 17.9 Å². The number of aliphatic hydroxyl groups is 1. The lowest BCUT2D eigenvalue weighted by Gasteiger charge is -2.23. The molecule has 0 amide bonds. The van der Waals surface area contributed by atoms with E-state index in [1.807, 2.05) is 0 Å². The first-order chi connectivity index (χ1) is 9.32. The van der Waals surface area contributed by atoms with Crippen LogP contribution in [0.4, 0.5) is 4.39 Å². The quantitative estimate of drug-likeness (QED) is 0.924. The first-order valence-electron chi connectivity index (χ1n) is 6.73. The molecule has 20 heavy (non-hydrogen) atoms. The number of halogens is 1. The summed E-state index contributed by atoms with van der Waals surface area (Å²) >= 11 is 0. The lowest BCUT2D eigenvalue weighted by Crippen LogP contribution is -2.34. The monoisotopic (exact) mass is 301 g/mol. The van der Waals surface area contributed by atoms with Crippen molar-refractivity contribution in [2.45, 2.75) is 37.2 Å². The molecule has 2 rings (SSSR count). The molecule has 0 aromatic heterocycles. The van der Waals surface area contributed by atoms with Gasteiger partial charge < -0.3 is 5.11 Å². The van der Waals surface area contributed by atoms with Gasteiger partial charge in [0, 0.05) is 13.6 Å². The van der Waals surface area contributed by atoms with Gasteiger partial charge in [-0.15, -0.1) is 0 Å². The van der Waals surface area contributed by atoms with Crippen molar-refractivity contribution in [3.05, 3.63) is 29.6 Å². The van der Waals surface area contributed by atoms with Crippen molar-refractivity contribution in [2.24, 2.45) is 5.92 Å². The third-order valence-corrected chi connectivity index (χ3v) is 5.78. The molecule has 0 heterocycles. The van der Waals surface area contributed by atoms with E-state index in [1.54, 1.807) is 6.92 Å². The van der Waals surface area contributed by atoms with E-state index < -0.39 is 21.9 Å². The number of aryl methyl sites for hydroxylation is 1. The molecule has 2 unspecified atom stereocenters. The fourth-order valence-corrected chi connectivity index (χ4v) is 3.81. The summed E-state index contributed by atoms with van der Waals surface area (Å²) in [6, 6.07) is 3.92. The Morgan fingerprint density at radius 2 is 2.10 bits per heavy atom. The molecule has 0 aliphatic heterocycles. The van der Waals surface area contributed by atoms with Crippen LogP contribution >= 0.6 is 0 Å². The number of hydrogen-bond acceptors (Lipinski definition) is 3. The zero-order chi connectivity index (χ0) is 14.9. The Labute approximate surface area is 119 Å². The summed E-state index contributed by atoms with van der Waals surface area (Å²) in [5, 5.41) is 9.77. The van der Waals surface area contributed by atoms with Crippen LogP contribution in [0.15, 0.2) is 23.1 Å². The molecule has 0 bridgehead atoms. The molecule has 1 fully saturated rings. The predicted octanol–water partition coefficient (Wildman–Crippen LogP) is 1.92. The SMILES string of the molecule is Cc1ccc(S(=O)(=O)N(C)CC2CCCC2O)cc1F. The zero-order valence-corrected chi connectivity index (χ0v) is 12.5. The lowest BCUT2D eigenvalue weighted by molar-refractivity contribution is 0.123. The van der Waals surface area contributed by atoms with Crippen molar-refractivity contribution in [3.63, 3.8) is 0 Å². The largest absolute Gasteiger partial charge is 0.393 e. The number of nitrogens with zero attached hydrogens (tertiary/aromatic N) is 1. The fourth-order valence-electron chi connectivity index (χ4n) is 2.57. The molecular formula is C14H20FNO3S. The van der Waals surface area contributed by atoms with E-state index in [2.05, 4.69) is 0 Å². The second kappa shape index (κ2) is 5.79. The van der Waals surface area contributed by atoms with Crippen LogP contribution in [0.25, 0.3) is 0 Å². The summed E-state index contributed by atoms with van der Waals surface area (Å²) in [5.74, 6) is -0.564. The van der Waals surface area contributed by atoms with Gasteiger partial charge in [-0.05, 0) is 43.4 Å². The second-order valence-corrected chi connectivity index (χ2v) is 7.50. The summed E-state index contributed by atoms with van der Waals surface area (Å²) in [6.07, 6.45) is 2.02. The van der Waals surface area contributed by atoms with Crippen LogP contribution < -0.4 is 0 Å². The molecule has 6 heteroatoms. The van der Waals surface area contributed by atoms with E-state index >= 15 is 0 Å². The molecule has 4 nitrogen and oxygen atoms in total. The molecule has 1 saturated carbocycles. The number of benzene rings is 1. The van der Waals surface area contributed by atoms with Crippen LogP contribution in [0.3, 0.4) is 0 Å². The van der Waals surface area contributed by atoms with Crippen LogP contribution in [-0.4, -0.2) is 37.5 Å². The fraction of sp³-hybridized carbons (Fsp3) is 0.571. The summed E-state index contributed by atoms with van der Waals surface area (Å²) < 4.78 is 39.5. The Bertz CT molecular complexity index is 588. The average molecular weight is 301 g/mol. The number of sulfonamides is 1. The molecule has 1 aliphatic rings. The van der Waals surface area contributed by atoms with E-state index in [-0.39, 0.29) is 17.4 Å². The normalized spacial score (nSPS) is 23.4. The van der Waals surface area contributed by atoms with Crippen molar-refractivity contribution in [1.82, 2.24) is 4.31 Å². The highest BCUT2D eigenvalue weighted by molar-refractivity contribution is 7.89. The van der Waals surface area contributed by atoms with E-state index in [4.69, 9.17) is 0 Å². The van der Waals surface area contributed by atoms with Crippen LogP contribution in [-0.2, 0) is 10.0 Å². The summed E-state index contributed by atoms with van der Waals surface area (Å²) in [7, 11) is -2.24. The van der Waals surface area contributed by atoms with Gasteiger partial charge in [0.15, 0.2) is 0 Å². The van der Waals surface area contributed by atoms with Crippen LogP contribution in [0.5, 0.6) is 0 Å². The van der Waals surface area contributed by atoms with Crippen molar-refractivity contribution < 1.29 is 17.9 Å². The van der Waals surface area contributed by atoms with E-state index in [0.29, 0.717) is 5.56 Å². The smallest absolute Gasteiger partial charge is 0.242 e. The minimum Gasteiger partial charge on any atom is -0.393 e. The minimum atomic E-state index is -3.71. The average Bonchev–Trinajstić information content (AvgIpc) is 2.78. The molecule has 1 aliphatic carbocycles. The Hall–Kier alpha value is -0.980. The molecule has 112 valence electrons. The molecule has 0 spiro atoms. The highest BCUT2D eigenvalue weighted by atomic mass is 32.2. The van der Waals surface area contributed by atoms with Gasteiger partial charge >= 0.3 is 0 Å². The van der Waals surface area contributed by atoms with Crippen LogP contribution in [0.2, 0.25) is 0 Å². The highest BCUT2D eigenvalue weighted by Crippen LogP contribution is 2.28. The van der Waals surface area contributed by atoms with Gasteiger partial charge in [-0.25, -0.2) is 17.1 Å². The predicted molar refractivity (Wildman–Crippen MR) is 74.3 cm³/mol. The molecular weight excluding hydrogens is 281 g/mol. The molecule has 1 aromatic carbocycles. The van der Waals surface area contributed by atoms with Gasteiger partial charge in [0.25, 0.3) is 0 Å². The maximum Gasteiger partial charge on any atom is 0.242 e. The highest BCUT2D eigenvalue weighted by Gasteiger charge is 2.30. The van der Waals surface area contributed by atoms with Gasteiger partial charge in [-0.1, -0.05) is 12.5 Å². The maximum atomic E-state index is 13.5. The van der Waals surface area contributed by atoms with E-state index in [1.165, 1.54) is 23.5 Å². The van der Waals surface area contributed by atoms with Crippen molar-refractivity contribution in [1.29, 1.82) is 0 Å². The molecule has 1 N–H and O–H groups in total. The first kappa shape index (κ1) is 15.4. The summed E-state index contributed by atoms with van der Waals surface area (Å²) in [6.45, 7) is 1.85. The molecule has 1 aromatic rings. The zero-order valence-electron chi connectivity index (χ0n) is 11.7. The summed E-state index contributed by atoms with van der Waals surface area (Å²) in [4.78, 5) is -0.0458. The summed E-state index contributed by atoms with van der Waals surface area (Å²) in [5.41, 5.74) is 0.415. The third kappa shape index (κ3) is 3.02. The molecule has 0 radical (unpaired) electrons. The van der Waals surface area contributed by atoms with Gasteiger partial charge in [0.05, 0.1) is 11.0 Å². The number of hydrogen-bond donors (Lipinski definition) is 1. The number of rotatable bonds is 4. The van der Waals surface area contributed by atoms with Gasteiger partial charge in [-0.3, -0.25) is 0 Å². The Kier molecular flexibility index (Phi) is 4.46. The Morgan fingerprint density at radius 3 is 2.65 bits per heavy atom. The molecule has 0 saturated heterocycles. The minimum absolute atomic E-state index is 0.0370. The van der Waals surface area contributed by atoms with Crippen molar-refractivity contribution in [2.75, 3.05) is 13.6 Å². The number of aliphatic hydroxyl groups excluding tert-OH is 1. The van der Waals surface area contributed by atoms with Crippen molar-refractivity contribution >= 4 is 10.0 Å². The Balaban J connectivity index is 2.18. The maximum absolute atomic E-state index is 13.5. The van der Waals surface area contributed by atoms with Crippen molar-refractivity contribution in [3.8, 4) is 0 Å². The van der Waals surface area contributed by atoms with Gasteiger partial charge in [-0.2, -0.15) is 0 Å². The van der Waals surface area contributed by atoms with E-state index in [0.717, 1.165) is 25.3 Å². The van der Waals surface area contributed by atoms with Crippen LogP contribution in [0.1, 0.15) is 24.8 Å². The topological polar surface area (TPSA) is 57.6 Å². The standard InChI is InChI=1S/C14H20FNO3S/c1-10-6-7-12(8-13(10)15)20(18,19)16(2)9-11-4-3-5-14(11)17/h6-8,11,14,17H,3-5,9H2,1-2H3. The van der Waals surface area contributed by atoms with Gasteiger partial charge in [0.1, 0.15) is 5.82 Å². The third-order valence-electron chi connectivity index (χ3n) is 3.96. The van der Waals surface area contributed by atoms with Gasteiger partial charge in [0.2, 0.25) is 10.0 Å². The molecule has 2 atom stereocenters. The Morgan fingerprint density at radius 1 is 1.40 bits per heavy atom.